The topological polar surface area (TPSA) is 86.8 Å². The minimum atomic E-state index is -3.72. The fourth-order valence-electron chi connectivity index (χ4n) is 3.56. The van der Waals surface area contributed by atoms with E-state index in [1.807, 2.05) is 51.1 Å². The number of anilines is 1. The number of halogens is 1. The van der Waals surface area contributed by atoms with Gasteiger partial charge in [-0.15, -0.1) is 0 Å². The van der Waals surface area contributed by atoms with Gasteiger partial charge in [-0.1, -0.05) is 44.2 Å². The van der Waals surface area contributed by atoms with Crippen molar-refractivity contribution in [3.05, 3.63) is 63.7 Å². The van der Waals surface area contributed by atoms with E-state index < -0.39 is 22.0 Å². The highest BCUT2D eigenvalue weighted by molar-refractivity contribution is 14.1. The fraction of sp³-hybridized carbons (Fsp3) is 0.440. The quantitative estimate of drug-likeness (QED) is 0.376. The minimum Gasteiger partial charge on any atom is -0.352 e. The number of amides is 2. The van der Waals surface area contributed by atoms with Crippen molar-refractivity contribution >= 4 is 50.1 Å². The number of benzene rings is 2. The van der Waals surface area contributed by atoms with Gasteiger partial charge in [0, 0.05) is 16.2 Å². The molecule has 2 aromatic carbocycles. The summed E-state index contributed by atoms with van der Waals surface area (Å²) in [5.74, 6) is -0.635. The lowest BCUT2D eigenvalue weighted by molar-refractivity contribution is -0.139. The average molecular weight is 600 g/mol. The Morgan fingerprint density at radius 2 is 1.62 bits per heavy atom. The molecule has 9 heteroatoms. The van der Waals surface area contributed by atoms with Crippen LogP contribution in [-0.4, -0.2) is 56.6 Å². The minimum absolute atomic E-state index is 0.0214. The van der Waals surface area contributed by atoms with Gasteiger partial charge in [0.2, 0.25) is 21.8 Å². The van der Waals surface area contributed by atoms with Crippen LogP contribution < -0.4 is 9.62 Å². The van der Waals surface area contributed by atoms with Gasteiger partial charge in [0.15, 0.2) is 0 Å². The lowest BCUT2D eigenvalue weighted by atomic mass is 10.1. The van der Waals surface area contributed by atoms with Gasteiger partial charge in [-0.25, -0.2) is 8.42 Å². The van der Waals surface area contributed by atoms with Crippen LogP contribution in [0.3, 0.4) is 0 Å². The van der Waals surface area contributed by atoms with Crippen LogP contribution in [0.2, 0.25) is 0 Å². The maximum atomic E-state index is 13.6. The van der Waals surface area contributed by atoms with Crippen LogP contribution in [0.25, 0.3) is 0 Å². The van der Waals surface area contributed by atoms with E-state index in [1.165, 1.54) is 4.90 Å². The summed E-state index contributed by atoms with van der Waals surface area (Å²) >= 11 is 2.14. The van der Waals surface area contributed by atoms with Crippen molar-refractivity contribution < 1.29 is 18.0 Å². The zero-order chi connectivity index (χ0) is 25.3. The number of sulfonamides is 1. The zero-order valence-electron chi connectivity index (χ0n) is 20.2. The predicted octanol–water partition coefficient (Wildman–Crippen LogP) is 3.82. The smallest absolute Gasteiger partial charge is 0.244 e. The molecule has 0 saturated heterocycles. The summed E-state index contributed by atoms with van der Waals surface area (Å²) in [5.41, 5.74) is 1.45. The first-order valence-corrected chi connectivity index (χ1v) is 14.4. The third kappa shape index (κ3) is 8.26. The molecule has 0 radical (unpaired) electrons. The standard InChI is InChI=1S/C25H34IN3O4S/c1-5-19(3)27-25(31)23(6-2)28(17-16-20-10-8-7-9-11-20)24(30)18-29(34(4,32)33)22-14-12-21(26)13-15-22/h7-15,19,23H,5-6,16-18H2,1-4H3,(H,27,31). The number of rotatable bonds is 12. The Hall–Kier alpha value is -2.14. The van der Waals surface area contributed by atoms with E-state index in [0.717, 1.165) is 26.1 Å². The van der Waals surface area contributed by atoms with Gasteiger partial charge >= 0.3 is 0 Å². The molecule has 0 saturated carbocycles. The van der Waals surface area contributed by atoms with Crippen LogP contribution in [-0.2, 0) is 26.0 Å². The Balaban J connectivity index is 2.34. The second-order valence-electron chi connectivity index (χ2n) is 8.31. The van der Waals surface area contributed by atoms with Gasteiger partial charge in [0.25, 0.3) is 0 Å². The molecule has 0 fully saturated rings. The van der Waals surface area contributed by atoms with Crippen LogP contribution in [0.15, 0.2) is 54.6 Å². The van der Waals surface area contributed by atoms with Gasteiger partial charge in [-0.2, -0.15) is 0 Å². The van der Waals surface area contributed by atoms with Crippen molar-refractivity contribution in [3.8, 4) is 0 Å². The van der Waals surface area contributed by atoms with Crippen molar-refractivity contribution in [1.82, 2.24) is 10.2 Å². The maximum Gasteiger partial charge on any atom is 0.244 e. The number of nitrogens with one attached hydrogen (secondary N) is 1. The summed E-state index contributed by atoms with van der Waals surface area (Å²) in [6.07, 6.45) is 2.83. The third-order valence-corrected chi connectivity index (χ3v) is 7.52. The Morgan fingerprint density at radius 1 is 1.00 bits per heavy atom. The summed E-state index contributed by atoms with van der Waals surface area (Å²) in [6, 6.07) is 15.9. The van der Waals surface area contributed by atoms with Gasteiger partial charge in [0.05, 0.1) is 11.9 Å². The summed E-state index contributed by atoms with van der Waals surface area (Å²) in [4.78, 5) is 28.1. The molecule has 2 aromatic rings. The third-order valence-electron chi connectivity index (χ3n) is 5.66. The van der Waals surface area contributed by atoms with Crippen LogP contribution in [0.5, 0.6) is 0 Å². The fourth-order valence-corrected chi connectivity index (χ4v) is 4.77. The van der Waals surface area contributed by atoms with Crippen molar-refractivity contribution in [2.75, 3.05) is 23.7 Å². The van der Waals surface area contributed by atoms with E-state index in [1.54, 1.807) is 24.3 Å². The van der Waals surface area contributed by atoms with Crippen molar-refractivity contribution in [1.29, 1.82) is 0 Å². The highest BCUT2D eigenvalue weighted by Gasteiger charge is 2.31. The molecule has 0 bridgehead atoms. The number of carbonyl (C=O) groups excluding carboxylic acids is 2. The number of hydrogen-bond acceptors (Lipinski definition) is 4. The molecule has 7 nitrogen and oxygen atoms in total. The molecule has 2 unspecified atom stereocenters. The molecule has 2 rings (SSSR count). The average Bonchev–Trinajstić information content (AvgIpc) is 2.80. The molecule has 0 aliphatic heterocycles. The summed E-state index contributed by atoms with van der Waals surface area (Å²) in [7, 11) is -3.72. The van der Waals surface area contributed by atoms with Crippen molar-refractivity contribution in [2.24, 2.45) is 0 Å². The molecule has 34 heavy (non-hydrogen) atoms. The molecule has 2 amide bonds. The van der Waals surface area contributed by atoms with Crippen molar-refractivity contribution in [2.45, 2.75) is 52.1 Å². The Bertz CT molecular complexity index is 1050. The first-order chi connectivity index (χ1) is 16.1. The van der Waals surface area contributed by atoms with Crippen LogP contribution in [0.1, 0.15) is 39.2 Å². The van der Waals surface area contributed by atoms with E-state index in [0.29, 0.717) is 25.1 Å². The molecule has 0 heterocycles. The van der Waals surface area contributed by atoms with Gasteiger partial charge in [0.1, 0.15) is 12.6 Å². The van der Waals surface area contributed by atoms with Gasteiger partial charge < -0.3 is 10.2 Å². The Kier molecular flexibility index (Phi) is 10.8. The molecule has 0 aliphatic rings. The molecular formula is C25H34IN3O4S. The normalized spacial score (nSPS) is 13.1. The van der Waals surface area contributed by atoms with Crippen LogP contribution in [0.4, 0.5) is 5.69 Å². The van der Waals surface area contributed by atoms with Crippen LogP contribution in [0, 0.1) is 3.57 Å². The van der Waals surface area contributed by atoms with E-state index in [4.69, 9.17) is 0 Å². The number of carbonyl (C=O) groups is 2. The van der Waals surface area contributed by atoms with E-state index in [2.05, 4.69) is 27.9 Å². The van der Waals surface area contributed by atoms with Gasteiger partial charge in [-0.3, -0.25) is 13.9 Å². The SMILES string of the molecule is CCC(C)NC(=O)C(CC)N(CCc1ccccc1)C(=O)CN(c1ccc(I)cc1)S(C)(=O)=O. The van der Waals surface area contributed by atoms with E-state index in [-0.39, 0.29) is 18.5 Å². The highest BCUT2D eigenvalue weighted by atomic mass is 127. The molecule has 1 N–H and O–H groups in total. The predicted molar refractivity (Wildman–Crippen MR) is 145 cm³/mol. The summed E-state index contributed by atoms with van der Waals surface area (Å²) in [6.45, 7) is 5.69. The molecular weight excluding hydrogens is 565 g/mol. The molecule has 0 aliphatic carbocycles. The molecule has 0 spiro atoms. The van der Waals surface area contributed by atoms with Crippen molar-refractivity contribution in [3.63, 3.8) is 0 Å². The first kappa shape index (κ1) is 28.1. The van der Waals surface area contributed by atoms with E-state index in [9.17, 15) is 18.0 Å². The Labute approximate surface area is 217 Å². The lowest BCUT2D eigenvalue weighted by Crippen LogP contribution is -2.54. The Morgan fingerprint density at radius 3 is 2.15 bits per heavy atom. The van der Waals surface area contributed by atoms with E-state index >= 15 is 0 Å². The highest BCUT2D eigenvalue weighted by Crippen LogP contribution is 2.20. The molecule has 186 valence electrons. The monoisotopic (exact) mass is 599 g/mol. The zero-order valence-corrected chi connectivity index (χ0v) is 23.2. The lowest BCUT2D eigenvalue weighted by Gasteiger charge is -2.33. The van der Waals surface area contributed by atoms with Gasteiger partial charge in [-0.05, 0) is 78.6 Å². The number of nitrogens with zero attached hydrogens (tertiary/aromatic N) is 2. The summed E-state index contributed by atoms with van der Waals surface area (Å²) < 4.78 is 27.2. The molecule has 2 atom stereocenters. The second kappa shape index (κ2) is 13.1. The molecule has 0 aromatic heterocycles. The summed E-state index contributed by atoms with van der Waals surface area (Å²) in [5, 5.41) is 2.97. The first-order valence-electron chi connectivity index (χ1n) is 11.4. The second-order valence-corrected chi connectivity index (χ2v) is 11.5. The largest absolute Gasteiger partial charge is 0.352 e. The maximum absolute atomic E-state index is 13.6. The number of hydrogen-bond donors (Lipinski definition) is 1. The van der Waals surface area contributed by atoms with Crippen LogP contribution >= 0.6 is 22.6 Å².